The lowest BCUT2D eigenvalue weighted by Crippen LogP contribution is -2.33. The number of carbonyl (C=O) groups is 2. The second kappa shape index (κ2) is 5.01. The fourth-order valence-electron chi connectivity index (χ4n) is 1.60. The van der Waals surface area contributed by atoms with Crippen LogP contribution >= 0.6 is 11.6 Å². The Labute approximate surface area is 108 Å². The average molecular weight is 264 g/mol. The lowest BCUT2D eigenvalue weighted by Gasteiger charge is -2.07. The largest absolute Gasteiger partial charge is 0.368 e. The van der Waals surface area contributed by atoms with E-state index in [1.807, 2.05) is 0 Å². The van der Waals surface area contributed by atoms with Crippen LogP contribution in [0.5, 0.6) is 0 Å². The number of hydrogen-bond acceptors (Lipinski definition) is 3. The van der Waals surface area contributed by atoms with E-state index in [1.165, 1.54) is 6.20 Å². The van der Waals surface area contributed by atoms with Crippen LogP contribution in [0.25, 0.3) is 10.8 Å². The Morgan fingerprint density at radius 3 is 2.61 bits per heavy atom. The summed E-state index contributed by atoms with van der Waals surface area (Å²) in [6, 6.07) is 7.14. The first-order chi connectivity index (χ1) is 8.59. The number of aromatic nitrogens is 1. The zero-order valence-electron chi connectivity index (χ0n) is 9.31. The summed E-state index contributed by atoms with van der Waals surface area (Å²) in [6.07, 6.45) is 1.38. The van der Waals surface area contributed by atoms with Crippen molar-refractivity contribution < 1.29 is 9.59 Å². The minimum absolute atomic E-state index is 0.213. The minimum Gasteiger partial charge on any atom is -0.368 e. The average Bonchev–Trinajstić information content (AvgIpc) is 2.37. The van der Waals surface area contributed by atoms with Gasteiger partial charge in [0.15, 0.2) is 0 Å². The summed E-state index contributed by atoms with van der Waals surface area (Å²) < 4.78 is 0. The number of pyridine rings is 1. The van der Waals surface area contributed by atoms with Gasteiger partial charge in [-0.05, 0) is 5.39 Å². The number of nitrogens with two attached hydrogens (primary N) is 1. The van der Waals surface area contributed by atoms with E-state index in [1.54, 1.807) is 24.3 Å². The molecular weight excluding hydrogens is 254 g/mol. The van der Waals surface area contributed by atoms with Gasteiger partial charge in [-0.1, -0.05) is 35.9 Å². The predicted molar refractivity (Wildman–Crippen MR) is 68.3 cm³/mol. The first kappa shape index (κ1) is 12.3. The molecule has 6 heteroatoms. The van der Waals surface area contributed by atoms with Crippen molar-refractivity contribution in [2.45, 2.75) is 0 Å². The van der Waals surface area contributed by atoms with Gasteiger partial charge in [-0.2, -0.15) is 0 Å². The fourth-order valence-corrected chi connectivity index (χ4v) is 1.82. The first-order valence-electron chi connectivity index (χ1n) is 5.19. The van der Waals surface area contributed by atoms with Crippen LogP contribution in [-0.2, 0) is 4.79 Å². The summed E-state index contributed by atoms with van der Waals surface area (Å²) >= 11 is 5.94. The number of rotatable bonds is 3. The molecular formula is C12H10ClN3O2. The second-order valence-corrected chi connectivity index (χ2v) is 4.02. The Hall–Kier alpha value is -2.14. The molecule has 0 aliphatic carbocycles. The highest BCUT2D eigenvalue weighted by Crippen LogP contribution is 2.23. The molecule has 1 aromatic heterocycles. The molecule has 0 unspecified atom stereocenters. The van der Waals surface area contributed by atoms with Crippen LogP contribution in [0, 0.1) is 0 Å². The van der Waals surface area contributed by atoms with Crippen LogP contribution < -0.4 is 11.1 Å². The normalized spacial score (nSPS) is 10.3. The van der Waals surface area contributed by atoms with Gasteiger partial charge in [0.25, 0.3) is 5.91 Å². The third-order valence-corrected chi connectivity index (χ3v) is 2.72. The molecule has 0 spiro atoms. The molecule has 0 atom stereocenters. The molecule has 0 bridgehead atoms. The third kappa shape index (κ3) is 2.41. The molecule has 2 amide bonds. The Balaban J connectivity index is 2.42. The number of amides is 2. The number of nitrogens with one attached hydrogen (secondary N) is 1. The molecule has 92 valence electrons. The third-order valence-electron chi connectivity index (χ3n) is 2.41. The van der Waals surface area contributed by atoms with Crippen LogP contribution in [0.4, 0.5) is 0 Å². The Morgan fingerprint density at radius 1 is 1.28 bits per heavy atom. The van der Waals surface area contributed by atoms with Crippen molar-refractivity contribution in [1.82, 2.24) is 10.3 Å². The maximum atomic E-state index is 11.9. The van der Waals surface area contributed by atoms with Crippen molar-refractivity contribution in [2.24, 2.45) is 5.73 Å². The van der Waals surface area contributed by atoms with Gasteiger partial charge >= 0.3 is 0 Å². The van der Waals surface area contributed by atoms with Crippen molar-refractivity contribution in [3.8, 4) is 0 Å². The number of hydrogen-bond donors (Lipinski definition) is 2. The number of primary amides is 1. The SMILES string of the molecule is NC(=O)CNC(=O)c1cnc(Cl)c2ccccc12. The van der Waals surface area contributed by atoms with Gasteiger partial charge in [-0.3, -0.25) is 9.59 Å². The number of fused-ring (bicyclic) bond motifs is 1. The van der Waals surface area contributed by atoms with Crippen molar-refractivity contribution in [1.29, 1.82) is 0 Å². The van der Waals surface area contributed by atoms with Gasteiger partial charge < -0.3 is 11.1 Å². The number of nitrogens with zero attached hydrogens (tertiary/aromatic N) is 1. The molecule has 1 heterocycles. The standard InChI is InChI=1S/C12H10ClN3O2/c13-11-8-4-2-1-3-7(8)9(5-15-11)12(18)16-6-10(14)17/h1-5H,6H2,(H2,14,17)(H,16,18). The molecule has 5 nitrogen and oxygen atoms in total. The van der Waals surface area contributed by atoms with E-state index in [9.17, 15) is 9.59 Å². The van der Waals surface area contributed by atoms with Gasteiger partial charge in [0, 0.05) is 11.6 Å². The van der Waals surface area contributed by atoms with E-state index in [4.69, 9.17) is 17.3 Å². The van der Waals surface area contributed by atoms with Crippen LogP contribution in [0.1, 0.15) is 10.4 Å². The summed E-state index contributed by atoms with van der Waals surface area (Å²) in [5.74, 6) is -1.01. The molecule has 3 N–H and O–H groups in total. The lowest BCUT2D eigenvalue weighted by molar-refractivity contribution is -0.117. The Kier molecular flexibility index (Phi) is 3.43. The highest BCUT2D eigenvalue weighted by Gasteiger charge is 2.12. The highest BCUT2D eigenvalue weighted by molar-refractivity contribution is 6.34. The van der Waals surface area contributed by atoms with E-state index in [0.717, 1.165) is 0 Å². The topological polar surface area (TPSA) is 85.1 Å². The summed E-state index contributed by atoms with van der Waals surface area (Å²) in [7, 11) is 0. The number of carbonyl (C=O) groups excluding carboxylic acids is 2. The zero-order valence-corrected chi connectivity index (χ0v) is 10.1. The van der Waals surface area contributed by atoms with Crippen LogP contribution in [-0.4, -0.2) is 23.3 Å². The van der Waals surface area contributed by atoms with Gasteiger partial charge in [0.05, 0.1) is 12.1 Å². The summed E-state index contributed by atoms with van der Waals surface area (Å²) in [5.41, 5.74) is 5.32. The molecule has 1 aromatic carbocycles. The second-order valence-electron chi connectivity index (χ2n) is 3.66. The smallest absolute Gasteiger partial charge is 0.253 e. The van der Waals surface area contributed by atoms with Gasteiger partial charge in [0.1, 0.15) is 5.15 Å². The molecule has 0 saturated heterocycles. The molecule has 0 fully saturated rings. The van der Waals surface area contributed by atoms with Gasteiger partial charge in [0.2, 0.25) is 5.91 Å². The van der Waals surface area contributed by atoms with Crippen molar-refractivity contribution >= 4 is 34.2 Å². The molecule has 0 aliphatic heterocycles. The molecule has 18 heavy (non-hydrogen) atoms. The maximum absolute atomic E-state index is 11.9. The molecule has 0 radical (unpaired) electrons. The summed E-state index contributed by atoms with van der Waals surface area (Å²) in [4.78, 5) is 26.4. The predicted octanol–water partition coefficient (Wildman–Crippen LogP) is 1.10. The summed E-state index contributed by atoms with van der Waals surface area (Å²) in [6.45, 7) is -0.213. The summed E-state index contributed by atoms with van der Waals surface area (Å²) in [5, 5.41) is 4.11. The minimum atomic E-state index is -0.602. The quantitative estimate of drug-likeness (QED) is 0.814. The van der Waals surface area contributed by atoms with Gasteiger partial charge in [-0.15, -0.1) is 0 Å². The Morgan fingerprint density at radius 2 is 1.94 bits per heavy atom. The molecule has 0 saturated carbocycles. The molecule has 2 aromatic rings. The van der Waals surface area contributed by atoms with Crippen LogP contribution in [0.2, 0.25) is 5.15 Å². The van der Waals surface area contributed by atoms with E-state index in [-0.39, 0.29) is 6.54 Å². The van der Waals surface area contributed by atoms with Crippen molar-refractivity contribution in [3.05, 3.63) is 41.2 Å². The first-order valence-corrected chi connectivity index (χ1v) is 5.57. The Bertz CT molecular complexity index is 628. The van der Waals surface area contributed by atoms with E-state index in [0.29, 0.717) is 21.5 Å². The number of benzene rings is 1. The molecule has 2 rings (SSSR count). The van der Waals surface area contributed by atoms with E-state index < -0.39 is 11.8 Å². The molecule has 0 aliphatic rings. The van der Waals surface area contributed by atoms with Gasteiger partial charge in [-0.25, -0.2) is 4.98 Å². The van der Waals surface area contributed by atoms with E-state index >= 15 is 0 Å². The lowest BCUT2D eigenvalue weighted by atomic mass is 10.1. The zero-order chi connectivity index (χ0) is 13.1. The number of halogens is 1. The van der Waals surface area contributed by atoms with Crippen LogP contribution in [0.3, 0.4) is 0 Å². The monoisotopic (exact) mass is 263 g/mol. The highest BCUT2D eigenvalue weighted by atomic mass is 35.5. The van der Waals surface area contributed by atoms with Crippen molar-refractivity contribution in [3.63, 3.8) is 0 Å². The maximum Gasteiger partial charge on any atom is 0.253 e. The van der Waals surface area contributed by atoms with Crippen LogP contribution in [0.15, 0.2) is 30.5 Å². The fraction of sp³-hybridized carbons (Fsp3) is 0.0833. The van der Waals surface area contributed by atoms with E-state index in [2.05, 4.69) is 10.3 Å². The van der Waals surface area contributed by atoms with Crippen molar-refractivity contribution in [2.75, 3.05) is 6.54 Å².